The number of rotatable bonds is 7. The summed E-state index contributed by atoms with van der Waals surface area (Å²) in [7, 11) is -2.41. The number of carbonyl (C=O) groups is 1. The predicted molar refractivity (Wildman–Crippen MR) is 126 cm³/mol. The average Bonchev–Trinajstić information content (AvgIpc) is 3.14. The maximum Gasteiger partial charge on any atom is 0.322 e. The first-order valence-corrected chi connectivity index (χ1v) is 12.2. The highest BCUT2D eigenvalue weighted by atomic mass is 32.2. The monoisotopic (exact) mass is 470 g/mol. The average molecular weight is 471 g/mol. The van der Waals surface area contributed by atoms with Crippen molar-refractivity contribution in [2.24, 2.45) is 5.92 Å². The summed E-state index contributed by atoms with van der Waals surface area (Å²) in [4.78, 5) is 15.7. The van der Waals surface area contributed by atoms with Crippen molar-refractivity contribution in [3.8, 4) is 17.0 Å². The molecule has 4 aromatic rings. The van der Waals surface area contributed by atoms with E-state index in [9.17, 15) is 18.3 Å². The Morgan fingerprint density at radius 2 is 1.78 bits per heavy atom. The number of nitrogens with zero attached hydrogens (tertiary/aromatic N) is 1. The van der Waals surface area contributed by atoms with E-state index in [0.29, 0.717) is 5.88 Å². The molecule has 2 aromatic heterocycles. The minimum atomic E-state index is -3.98. The van der Waals surface area contributed by atoms with E-state index >= 15 is 0 Å². The molecular weight excluding hydrogens is 448 g/mol. The van der Waals surface area contributed by atoms with E-state index in [1.165, 1.54) is 17.4 Å². The molecule has 32 heavy (non-hydrogen) atoms. The maximum absolute atomic E-state index is 12.8. The van der Waals surface area contributed by atoms with Crippen LogP contribution in [-0.4, -0.2) is 37.6 Å². The summed E-state index contributed by atoms with van der Waals surface area (Å²) in [6.45, 7) is 3.32. The number of hydrogen-bond donors (Lipinski definition) is 2. The van der Waals surface area contributed by atoms with Crippen LogP contribution in [-0.2, 0) is 14.8 Å². The number of pyridine rings is 1. The van der Waals surface area contributed by atoms with Gasteiger partial charge in [-0.25, -0.2) is 13.4 Å². The first-order chi connectivity index (χ1) is 15.2. The van der Waals surface area contributed by atoms with Crippen molar-refractivity contribution in [2.45, 2.75) is 24.8 Å². The number of hydrogen-bond acceptors (Lipinski definition) is 6. The number of thiophene rings is 1. The molecule has 0 bridgehead atoms. The number of sulfonamides is 1. The lowest BCUT2D eigenvalue weighted by Gasteiger charge is -2.18. The number of carboxylic acid groups (broad SMARTS) is 1. The summed E-state index contributed by atoms with van der Waals surface area (Å²) in [6, 6.07) is 13.5. The molecule has 0 aliphatic heterocycles. The molecule has 0 aliphatic carbocycles. The summed E-state index contributed by atoms with van der Waals surface area (Å²) in [6.07, 6.45) is 1.75. The first kappa shape index (κ1) is 22.2. The summed E-state index contributed by atoms with van der Waals surface area (Å²) in [5, 5.41) is 11.3. The van der Waals surface area contributed by atoms with Crippen LogP contribution in [0.25, 0.3) is 31.3 Å². The van der Waals surface area contributed by atoms with Gasteiger partial charge in [-0.1, -0.05) is 26.0 Å². The number of methoxy groups -OCH3 is 1. The van der Waals surface area contributed by atoms with Gasteiger partial charge in [-0.15, -0.1) is 11.3 Å². The standard InChI is InChI=1S/C23H22N2O5S2/c1-13(2)22(23(26)27)25-32(28,29)16-6-7-17-18-10-14(4-8-19(18)31-20(17)11-16)15-5-9-21(30-3)24-12-15/h4-13,22,25H,1-3H3,(H,26,27)/t22-/m0/s1. The maximum atomic E-state index is 12.8. The third-order valence-electron chi connectivity index (χ3n) is 5.25. The number of aliphatic carboxylic acids is 1. The Balaban J connectivity index is 1.73. The zero-order chi connectivity index (χ0) is 23.0. The number of benzene rings is 2. The molecule has 2 N–H and O–H groups in total. The van der Waals surface area contributed by atoms with Gasteiger partial charge in [0.25, 0.3) is 0 Å². The van der Waals surface area contributed by atoms with Crippen LogP contribution < -0.4 is 9.46 Å². The molecule has 9 heteroatoms. The first-order valence-electron chi connectivity index (χ1n) is 9.91. The number of fused-ring (bicyclic) bond motifs is 3. The molecule has 2 aromatic carbocycles. The van der Waals surface area contributed by atoms with Crippen LogP contribution in [0.3, 0.4) is 0 Å². The molecule has 2 heterocycles. The Hall–Kier alpha value is -3.01. The van der Waals surface area contributed by atoms with Gasteiger partial charge in [-0.05, 0) is 41.8 Å². The zero-order valence-electron chi connectivity index (χ0n) is 17.7. The van der Waals surface area contributed by atoms with Crippen molar-refractivity contribution in [3.05, 3.63) is 54.7 Å². The van der Waals surface area contributed by atoms with Crippen LogP contribution in [0.5, 0.6) is 5.88 Å². The van der Waals surface area contributed by atoms with Gasteiger partial charge in [0.2, 0.25) is 15.9 Å². The van der Waals surface area contributed by atoms with Crippen molar-refractivity contribution >= 4 is 47.5 Å². The highest BCUT2D eigenvalue weighted by Crippen LogP contribution is 2.37. The van der Waals surface area contributed by atoms with Gasteiger partial charge in [0, 0.05) is 38.0 Å². The molecule has 0 fully saturated rings. The molecule has 1 atom stereocenters. The van der Waals surface area contributed by atoms with Crippen LogP contribution in [0.1, 0.15) is 13.8 Å². The normalized spacial score (nSPS) is 13.0. The molecular formula is C23H22N2O5S2. The van der Waals surface area contributed by atoms with E-state index < -0.39 is 22.0 Å². The predicted octanol–water partition coefficient (Wildman–Crippen LogP) is 4.51. The largest absolute Gasteiger partial charge is 0.481 e. The Morgan fingerprint density at radius 3 is 2.41 bits per heavy atom. The highest BCUT2D eigenvalue weighted by Gasteiger charge is 2.28. The van der Waals surface area contributed by atoms with E-state index in [1.54, 1.807) is 45.4 Å². The van der Waals surface area contributed by atoms with Gasteiger partial charge in [0.05, 0.1) is 12.0 Å². The van der Waals surface area contributed by atoms with Crippen LogP contribution in [0.2, 0.25) is 0 Å². The minimum Gasteiger partial charge on any atom is -0.481 e. The molecule has 0 saturated heterocycles. The smallest absolute Gasteiger partial charge is 0.322 e. The summed E-state index contributed by atoms with van der Waals surface area (Å²) < 4.78 is 34.9. The van der Waals surface area contributed by atoms with E-state index in [4.69, 9.17) is 4.74 Å². The Kier molecular flexibility index (Phi) is 5.89. The summed E-state index contributed by atoms with van der Waals surface area (Å²) >= 11 is 1.49. The molecule has 7 nitrogen and oxygen atoms in total. The van der Waals surface area contributed by atoms with Gasteiger partial charge >= 0.3 is 5.97 Å². The van der Waals surface area contributed by atoms with E-state index in [1.807, 2.05) is 18.2 Å². The topological polar surface area (TPSA) is 106 Å². The van der Waals surface area contributed by atoms with Gasteiger partial charge in [-0.2, -0.15) is 4.72 Å². The third kappa shape index (κ3) is 4.19. The second kappa shape index (κ2) is 8.50. The summed E-state index contributed by atoms with van der Waals surface area (Å²) in [5.41, 5.74) is 1.94. The number of nitrogens with one attached hydrogen (secondary N) is 1. The van der Waals surface area contributed by atoms with E-state index in [0.717, 1.165) is 31.3 Å². The molecule has 0 radical (unpaired) electrons. The van der Waals surface area contributed by atoms with Crippen LogP contribution in [0.15, 0.2) is 59.6 Å². The highest BCUT2D eigenvalue weighted by molar-refractivity contribution is 7.89. The third-order valence-corrected chi connectivity index (χ3v) is 7.82. The molecule has 0 unspecified atom stereocenters. The van der Waals surface area contributed by atoms with Gasteiger partial charge in [0.1, 0.15) is 6.04 Å². The second-order valence-electron chi connectivity index (χ2n) is 7.74. The van der Waals surface area contributed by atoms with E-state index in [-0.39, 0.29) is 10.8 Å². The molecule has 0 amide bonds. The van der Waals surface area contributed by atoms with Crippen molar-refractivity contribution < 1.29 is 23.1 Å². The van der Waals surface area contributed by atoms with E-state index in [2.05, 4.69) is 15.8 Å². The lowest BCUT2D eigenvalue weighted by atomic mass is 10.0. The van der Waals surface area contributed by atoms with Crippen molar-refractivity contribution in [1.29, 1.82) is 0 Å². The number of aromatic nitrogens is 1. The molecule has 0 saturated carbocycles. The van der Waals surface area contributed by atoms with Crippen LogP contribution >= 0.6 is 11.3 Å². The van der Waals surface area contributed by atoms with Crippen LogP contribution in [0.4, 0.5) is 0 Å². The second-order valence-corrected chi connectivity index (χ2v) is 10.5. The number of ether oxygens (including phenoxy) is 1. The van der Waals surface area contributed by atoms with Crippen molar-refractivity contribution in [2.75, 3.05) is 7.11 Å². The fourth-order valence-corrected chi connectivity index (χ4v) is 6.05. The fraction of sp³-hybridized carbons (Fsp3) is 0.217. The van der Waals surface area contributed by atoms with Crippen LogP contribution in [0, 0.1) is 5.92 Å². The Labute approximate surface area is 189 Å². The molecule has 0 spiro atoms. The zero-order valence-corrected chi connectivity index (χ0v) is 19.3. The Bertz CT molecular complexity index is 1410. The molecule has 166 valence electrons. The van der Waals surface area contributed by atoms with Gasteiger partial charge in [0.15, 0.2) is 0 Å². The quantitative estimate of drug-likeness (QED) is 0.412. The van der Waals surface area contributed by atoms with Gasteiger partial charge in [-0.3, -0.25) is 4.79 Å². The minimum absolute atomic E-state index is 0.0445. The Morgan fingerprint density at radius 1 is 1.03 bits per heavy atom. The summed E-state index contributed by atoms with van der Waals surface area (Å²) in [5.74, 6) is -1.05. The SMILES string of the molecule is COc1ccc(-c2ccc3sc4cc(S(=O)(=O)N[C@H](C(=O)O)C(C)C)ccc4c3c2)cn1. The number of carboxylic acids is 1. The van der Waals surface area contributed by atoms with Crippen molar-refractivity contribution in [1.82, 2.24) is 9.71 Å². The van der Waals surface area contributed by atoms with Gasteiger partial charge < -0.3 is 9.84 Å². The van der Waals surface area contributed by atoms with Crippen molar-refractivity contribution in [3.63, 3.8) is 0 Å². The molecule has 4 rings (SSSR count). The lowest BCUT2D eigenvalue weighted by Crippen LogP contribution is -2.44. The lowest BCUT2D eigenvalue weighted by molar-refractivity contribution is -0.140. The fourth-order valence-electron chi connectivity index (χ4n) is 3.48. The molecule has 0 aliphatic rings.